The summed E-state index contributed by atoms with van der Waals surface area (Å²) < 4.78 is 7.57. The molecule has 140 valence electrons. The molecule has 0 atom stereocenters. The fourth-order valence-corrected chi connectivity index (χ4v) is 4.19. The van der Waals surface area contributed by atoms with Crippen LogP contribution in [0.5, 0.6) is 5.75 Å². The van der Waals surface area contributed by atoms with E-state index in [2.05, 4.69) is 10.4 Å². The molecule has 0 fully saturated rings. The first-order valence-corrected chi connectivity index (χ1v) is 10.1. The van der Waals surface area contributed by atoms with Crippen LogP contribution in [-0.2, 0) is 6.54 Å². The van der Waals surface area contributed by atoms with E-state index in [-0.39, 0.29) is 6.61 Å². The summed E-state index contributed by atoms with van der Waals surface area (Å²) in [6.45, 7) is 1.49. The number of aromatic nitrogens is 2. The van der Waals surface area contributed by atoms with E-state index in [9.17, 15) is 5.11 Å². The number of fused-ring (bicyclic) bond motifs is 1. The van der Waals surface area contributed by atoms with E-state index in [0.717, 1.165) is 27.5 Å². The molecule has 3 aromatic rings. The van der Waals surface area contributed by atoms with Crippen LogP contribution in [0.2, 0.25) is 10.0 Å². The van der Waals surface area contributed by atoms with E-state index in [0.29, 0.717) is 35.5 Å². The standard InChI is InChI=1S/C19H17Cl2N3O2S/c20-14-7-13-6-12(11-26-19(13)15(21)8-14)10-22-18-9-16(17-2-1-5-27-17)23-24(18)3-4-25/h1-2,5-9,22,25H,3-4,10-11H2. The molecule has 0 bridgehead atoms. The van der Waals surface area contributed by atoms with E-state index < -0.39 is 0 Å². The van der Waals surface area contributed by atoms with Crippen molar-refractivity contribution < 1.29 is 9.84 Å². The third-order valence-corrected chi connectivity index (χ3v) is 5.55. The highest BCUT2D eigenvalue weighted by Gasteiger charge is 2.17. The Bertz CT molecular complexity index is 983. The van der Waals surface area contributed by atoms with Gasteiger partial charge < -0.3 is 15.2 Å². The third kappa shape index (κ3) is 3.99. The zero-order valence-electron chi connectivity index (χ0n) is 14.3. The SMILES string of the molecule is OCCn1nc(-c2cccs2)cc1NCC1=Cc2cc(Cl)cc(Cl)c2OC1. The van der Waals surface area contributed by atoms with Crippen LogP contribution >= 0.6 is 34.5 Å². The molecule has 4 rings (SSSR count). The van der Waals surface area contributed by atoms with Crippen molar-refractivity contribution in [1.82, 2.24) is 9.78 Å². The van der Waals surface area contributed by atoms with E-state index in [4.69, 9.17) is 27.9 Å². The molecule has 5 nitrogen and oxygen atoms in total. The van der Waals surface area contributed by atoms with Crippen molar-refractivity contribution in [2.75, 3.05) is 25.1 Å². The number of thiophene rings is 1. The molecule has 0 unspecified atom stereocenters. The van der Waals surface area contributed by atoms with Gasteiger partial charge in [0, 0.05) is 23.2 Å². The maximum Gasteiger partial charge on any atom is 0.145 e. The smallest absolute Gasteiger partial charge is 0.145 e. The monoisotopic (exact) mass is 421 g/mol. The lowest BCUT2D eigenvalue weighted by atomic mass is 10.1. The molecular weight excluding hydrogens is 405 g/mol. The molecule has 2 aromatic heterocycles. The Morgan fingerprint density at radius 1 is 1.30 bits per heavy atom. The number of nitrogens with one attached hydrogen (secondary N) is 1. The predicted octanol–water partition coefficient (Wildman–Crippen LogP) is 4.80. The molecular formula is C19H17Cl2N3O2S. The molecule has 2 N–H and O–H groups in total. The zero-order chi connectivity index (χ0) is 18.8. The van der Waals surface area contributed by atoms with Crippen LogP contribution in [0.3, 0.4) is 0 Å². The van der Waals surface area contributed by atoms with Gasteiger partial charge in [0.05, 0.1) is 23.1 Å². The van der Waals surface area contributed by atoms with Crippen LogP contribution < -0.4 is 10.1 Å². The summed E-state index contributed by atoms with van der Waals surface area (Å²) in [5.74, 6) is 1.51. The maximum atomic E-state index is 9.32. The van der Waals surface area contributed by atoms with E-state index in [1.54, 1.807) is 22.1 Å². The number of ether oxygens (including phenoxy) is 1. The summed E-state index contributed by atoms with van der Waals surface area (Å²) >= 11 is 13.9. The van der Waals surface area contributed by atoms with Gasteiger partial charge in [0.1, 0.15) is 23.9 Å². The number of hydrogen-bond donors (Lipinski definition) is 2. The van der Waals surface area contributed by atoms with Gasteiger partial charge in [-0.25, -0.2) is 4.68 Å². The Labute approximate surface area is 170 Å². The van der Waals surface area contributed by atoms with Crippen LogP contribution in [-0.4, -0.2) is 34.6 Å². The minimum Gasteiger partial charge on any atom is -0.487 e. The molecule has 1 aromatic carbocycles. The highest BCUT2D eigenvalue weighted by atomic mass is 35.5. The Morgan fingerprint density at radius 2 is 2.19 bits per heavy atom. The van der Waals surface area contributed by atoms with E-state index in [1.165, 1.54) is 0 Å². The minimum absolute atomic E-state index is 0.0242. The van der Waals surface area contributed by atoms with Crippen molar-refractivity contribution in [3.8, 4) is 16.3 Å². The average Bonchev–Trinajstić information content (AvgIpc) is 3.29. The lowest BCUT2D eigenvalue weighted by molar-refractivity contribution is 0.270. The second-order valence-corrected chi connectivity index (χ2v) is 7.88. The van der Waals surface area contributed by atoms with Crippen LogP contribution in [0.1, 0.15) is 5.56 Å². The Morgan fingerprint density at radius 3 is 2.96 bits per heavy atom. The normalized spacial score (nSPS) is 13.1. The lowest BCUT2D eigenvalue weighted by Gasteiger charge is -2.20. The van der Waals surface area contributed by atoms with Gasteiger partial charge in [-0.05, 0) is 35.2 Å². The molecule has 1 aliphatic rings. The summed E-state index contributed by atoms with van der Waals surface area (Å²) in [7, 11) is 0. The van der Waals surface area contributed by atoms with Crippen molar-refractivity contribution in [2.45, 2.75) is 6.54 Å². The molecule has 0 saturated carbocycles. The molecule has 27 heavy (non-hydrogen) atoms. The van der Waals surface area contributed by atoms with Gasteiger partial charge in [-0.1, -0.05) is 29.3 Å². The van der Waals surface area contributed by atoms with Gasteiger partial charge in [-0.3, -0.25) is 0 Å². The number of benzene rings is 1. The molecule has 0 amide bonds. The van der Waals surface area contributed by atoms with Gasteiger partial charge in [0.2, 0.25) is 0 Å². The quantitative estimate of drug-likeness (QED) is 0.599. The molecule has 8 heteroatoms. The minimum atomic E-state index is 0.0242. The summed E-state index contributed by atoms with van der Waals surface area (Å²) in [5.41, 5.74) is 2.83. The molecule has 1 aliphatic heterocycles. The first-order chi connectivity index (χ1) is 13.1. The lowest BCUT2D eigenvalue weighted by Crippen LogP contribution is -2.17. The van der Waals surface area contributed by atoms with Gasteiger partial charge in [0.15, 0.2) is 0 Å². The van der Waals surface area contributed by atoms with Crippen molar-refractivity contribution in [3.63, 3.8) is 0 Å². The maximum absolute atomic E-state index is 9.32. The van der Waals surface area contributed by atoms with Gasteiger partial charge in [-0.15, -0.1) is 11.3 Å². The van der Waals surface area contributed by atoms with Crippen LogP contribution in [0.25, 0.3) is 16.6 Å². The molecule has 0 radical (unpaired) electrons. The van der Waals surface area contributed by atoms with Crippen molar-refractivity contribution in [3.05, 3.63) is 56.9 Å². The first-order valence-electron chi connectivity index (χ1n) is 8.42. The topological polar surface area (TPSA) is 59.3 Å². The predicted molar refractivity (Wildman–Crippen MR) is 111 cm³/mol. The average molecular weight is 422 g/mol. The Hall–Kier alpha value is -1.99. The Balaban J connectivity index is 1.54. The van der Waals surface area contributed by atoms with Gasteiger partial charge in [-0.2, -0.15) is 5.10 Å². The number of rotatable bonds is 6. The van der Waals surface area contributed by atoms with Crippen molar-refractivity contribution in [2.24, 2.45) is 0 Å². The highest BCUT2D eigenvalue weighted by molar-refractivity contribution is 7.13. The molecule has 0 saturated heterocycles. The van der Waals surface area contributed by atoms with Crippen molar-refractivity contribution >= 4 is 46.4 Å². The summed E-state index contributed by atoms with van der Waals surface area (Å²) in [6, 6.07) is 9.54. The summed E-state index contributed by atoms with van der Waals surface area (Å²) in [5, 5.41) is 20.4. The number of aliphatic hydroxyl groups excluding tert-OH is 1. The van der Waals surface area contributed by atoms with Crippen LogP contribution in [0.4, 0.5) is 5.82 Å². The molecule has 3 heterocycles. The second kappa shape index (κ2) is 7.94. The number of aliphatic hydroxyl groups is 1. The second-order valence-electron chi connectivity index (χ2n) is 6.09. The highest BCUT2D eigenvalue weighted by Crippen LogP contribution is 2.36. The largest absolute Gasteiger partial charge is 0.487 e. The first kappa shape index (κ1) is 18.4. The summed E-state index contributed by atoms with van der Waals surface area (Å²) in [6.07, 6.45) is 2.04. The number of hydrogen-bond acceptors (Lipinski definition) is 5. The van der Waals surface area contributed by atoms with E-state index in [1.807, 2.05) is 35.7 Å². The van der Waals surface area contributed by atoms with Crippen LogP contribution in [0.15, 0.2) is 41.3 Å². The number of anilines is 1. The molecule has 0 aliphatic carbocycles. The Kier molecular flexibility index (Phi) is 5.41. The fourth-order valence-electron chi connectivity index (χ4n) is 2.94. The third-order valence-electron chi connectivity index (χ3n) is 4.16. The van der Waals surface area contributed by atoms with Crippen molar-refractivity contribution in [1.29, 1.82) is 0 Å². The van der Waals surface area contributed by atoms with E-state index >= 15 is 0 Å². The van der Waals surface area contributed by atoms with Gasteiger partial charge in [0.25, 0.3) is 0 Å². The fraction of sp³-hybridized carbons (Fsp3) is 0.211. The molecule has 0 spiro atoms. The number of nitrogens with zero attached hydrogens (tertiary/aromatic N) is 2. The van der Waals surface area contributed by atoms with Gasteiger partial charge >= 0.3 is 0 Å². The zero-order valence-corrected chi connectivity index (χ0v) is 16.6. The van der Waals surface area contributed by atoms with Crippen LogP contribution in [0, 0.1) is 0 Å². The summed E-state index contributed by atoms with van der Waals surface area (Å²) in [4.78, 5) is 1.09. The number of halogens is 2.